The van der Waals surface area contributed by atoms with Gasteiger partial charge in [-0.15, -0.1) is 0 Å². The molecule has 0 saturated carbocycles. The van der Waals surface area contributed by atoms with Crippen molar-refractivity contribution in [1.82, 2.24) is 14.9 Å². The number of aromatic nitrogens is 2. The van der Waals surface area contributed by atoms with E-state index in [-0.39, 0.29) is 11.9 Å². The van der Waals surface area contributed by atoms with E-state index in [1.807, 2.05) is 24.5 Å². The van der Waals surface area contributed by atoms with Crippen LogP contribution in [0.1, 0.15) is 38.2 Å². The van der Waals surface area contributed by atoms with Crippen molar-refractivity contribution in [1.29, 1.82) is 0 Å². The van der Waals surface area contributed by atoms with Crippen molar-refractivity contribution in [2.75, 3.05) is 0 Å². The van der Waals surface area contributed by atoms with Gasteiger partial charge in [0.05, 0.1) is 6.54 Å². The Morgan fingerprint density at radius 2 is 1.95 bits per heavy atom. The number of nitrogens with zero attached hydrogens (tertiary/aromatic N) is 2. The molecule has 0 radical (unpaired) electrons. The SMILES string of the molecule is CCn1ccnc1CNC(c1ccc(F)cc1)C(C)C. The van der Waals surface area contributed by atoms with Gasteiger partial charge < -0.3 is 9.88 Å². The number of hydrogen-bond acceptors (Lipinski definition) is 2. The van der Waals surface area contributed by atoms with Gasteiger partial charge in [0.25, 0.3) is 0 Å². The van der Waals surface area contributed by atoms with Crippen LogP contribution < -0.4 is 5.32 Å². The fraction of sp³-hybridized carbons (Fsp3) is 0.438. The number of hydrogen-bond donors (Lipinski definition) is 1. The zero-order chi connectivity index (χ0) is 14.5. The summed E-state index contributed by atoms with van der Waals surface area (Å²) in [5.74, 6) is 1.25. The van der Waals surface area contributed by atoms with E-state index in [1.54, 1.807) is 0 Å². The molecule has 1 unspecified atom stereocenters. The molecule has 20 heavy (non-hydrogen) atoms. The number of benzene rings is 1. The first-order valence-electron chi connectivity index (χ1n) is 7.10. The predicted octanol–water partition coefficient (Wildman–Crippen LogP) is 3.53. The summed E-state index contributed by atoms with van der Waals surface area (Å²) in [7, 11) is 0. The van der Waals surface area contributed by atoms with E-state index in [0.29, 0.717) is 12.5 Å². The lowest BCUT2D eigenvalue weighted by molar-refractivity contribution is 0.401. The minimum Gasteiger partial charge on any atom is -0.334 e. The quantitative estimate of drug-likeness (QED) is 0.874. The average Bonchev–Trinajstić information content (AvgIpc) is 2.88. The van der Waals surface area contributed by atoms with Gasteiger partial charge in [-0.25, -0.2) is 9.37 Å². The molecule has 1 aromatic carbocycles. The molecule has 4 heteroatoms. The van der Waals surface area contributed by atoms with Gasteiger partial charge in [0.1, 0.15) is 11.6 Å². The van der Waals surface area contributed by atoms with E-state index in [4.69, 9.17) is 0 Å². The van der Waals surface area contributed by atoms with Crippen molar-refractivity contribution in [3.05, 3.63) is 53.9 Å². The van der Waals surface area contributed by atoms with Crippen LogP contribution in [-0.2, 0) is 13.1 Å². The van der Waals surface area contributed by atoms with Crippen LogP contribution in [0.15, 0.2) is 36.7 Å². The predicted molar refractivity (Wildman–Crippen MR) is 78.7 cm³/mol. The Morgan fingerprint density at radius 1 is 1.25 bits per heavy atom. The van der Waals surface area contributed by atoms with Crippen LogP contribution in [0.3, 0.4) is 0 Å². The molecule has 0 fully saturated rings. The van der Waals surface area contributed by atoms with Gasteiger partial charge in [-0.1, -0.05) is 26.0 Å². The highest BCUT2D eigenvalue weighted by atomic mass is 19.1. The Balaban J connectivity index is 2.08. The maximum absolute atomic E-state index is 13.0. The van der Waals surface area contributed by atoms with Crippen molar-refractivity contribution >= 4 is 0 Å². The molecule has 0 aliphatic heterocycles. The largest absolute Gasteiger partial charge is 0.334 e. The Kier molecular flexibility index (Phi) is 4.90. The van der Waals surface area contributed by atoms with Crippen LogP contribution in [0.2, 0.25) is 0 Å². The Bertz CT molecular complexity index is 531. The highest BCUT2D eigenvalue weighted by molar-refractivity contribution is 5.20. The third kappa shape index (κ3) is 3.45. The molecule has 1 atom stereocenters. The third-order valence-corrected chi connectivity index (χ3v) is 3.52. The van der Waals surface area contributed by atoms with Gasteiger partial charge in [-0.3, -0.25) is 0 Å². The lowest BCUT2D eigenvalue weighted by Crippen LogP contribution is -2.26. The van der Waals surface area contributed by atoms with Gasteiger partial charge in [-0.05, 0) is 30.5 Å². The number of halogens is 1. The zero-order valence-corrected chi connectivity index (χ0v) is 12.3. The van der Waals surface area contributed by atoms with E-state index >= 15 is 0 Å². The second-order valence-corrected chi connectivity index (χ2v) is 5.28. The van der Waals surface area contributed by atoms with E-state index in [9.17, 15) is 4.39 Å². The highest BCUT2D eigenvalue weighted by Gasteiger charge is 2.16. The maximum atomic E-state index is 13.0. The van der Waals surface area contributed by atoms with Crippen LogP contribution in [-0.4, -0.2) is 9.55 Å². The van der Waals surface area contributed by atoms with E-state index < -0.39 is 0 Å². The van der Waals surface area contributed by atoms with Gasteiger partial charge in [0, 0.05) is 25.0 Å². The summed E-state index contributed by atoms with van der Waals surface area (Å²) >= 11 is 0. The summed E-state index contributed by atoms with van der Waals surface area (Å²) in [5, 5.41) is 3.53. The van der Waals surface area contributed by atoms with E-state index in [1.165, 1.54) is 12.1 Å². The summed E-state index contributed by atoms with van der Waals surface area (Å²) in [6, 6.07) is 6.91. The number of nitrogens with one attached hydrogen (secondary N) is 1. The molecule has 1 N–H and O–H groups in total. The molecule has 0 aliphatic rings. The molecule has 2 aromatic rings. The minimum absolute atomic E-state index is 0.192. The van der Waals surface area contributed by atoms with Crippen LogP contribution in [0, 0.1) is 11.7 Å². The van der Waals surface area contributed by atoms with Crippen molar-refractivity contribution in [2.24, 2.45) is 5.92 Å². The van der Waals surface area contributed by atoms with Crippen LogP contribution in [0.4, 0.5) is 4.39 Å². The molecule has 0 aliphatic carbocycles. The second-order valence-electron chi connectivity index (χ2n) is 5.28. The first kappa shape index (κ1) is 14.7. The van der Waals surface area contributed by atoms with Gasteiger partial charge in [0.2, 0.25) is 0 Å². The molecule has 0 amide bonds. The smallest absolute Gasteiger partial charge is 0.123 e. The normalized spacial score (nSPS) is 12.8. The number of imidazole rings is 1. The Labute approximate surface area is 119 Å². The first-order chi connectivity index (χ1) is 9.61. The van der Waals surface area contributed by atoms with Gasteiger partial charge in [0.15, 0.2) is 0 Å². The summed E-state index contributed by atoms with van der Waals surface area (Å²) in [6.07, 6.45) is 3.81. The summed E-state index contributed by atoms with van der Waals surface area (Å²) < 4.78 is 15.1. The topological polar surface area (TPSA) is 29.9 Å². The van der Waals surface area contributed by atoms with Crippen molar-refractivity contribution in [3.8, 4) is 0 Å². The van der Waals surface area contributed by atoms with Gasteiger partial charge >= 0.3 is 0 Å². The fourth-order valence-electron chi connectivity index (χ4n) is 2.40. The lowest BCUT2D eigenvalue weighted by Gasteiger charge is -2.23. The first-order valence-corrected chi connectivity index (χ1v) is 7.10. The molecule has 1 heterocycles. The van der Waals surface area contributed by atoms with Crippen LogP contribution >= 0.6 is 0 Å². The van der Waals surface area contributed by atoms with Crippen molar-refractivity contribution in [2.45, 2.75) is 39.9 Å². The molecule has 108 valence electrons. The van der Waals surface area contributed by atoms with E-state index in [0.717, 1.165) is 17.9 Å². The summed E-state index contributed by atoms with van der Waals surface area (Å²) in [5.41, 5.74) is 1.11. The maximum Gasteiger partial charge on any atom is 0.123 e. The lowest BCUT2D eigenvalue weighted by atomic mass is 9.96. The van der Waals surface area contributed by atoms with Gasteiger partial charge in [-0.2, -0.15) is 0 Å². The number of rotatable bonds is 6. The Morgan fingerprint density at radius 3 is 2.55 bits per heavy atom. The standard InChI is InChI=1S/C16H22FN3/c1-4-20-10-9-18-15(20)11-19-16(12(2)3)13-5-7-14(17)8-6-13/h5-10,12,16,19H,4,11H2,1-3H3. The van der Waals surface area contributed by atoms with Crippen molar-refractivity contribution in [3.63, 3.8) is 0 Å². The summed E-state index contributed by atoms with van der Waals surface area (Å²) in [4.78, 5) is 4.37. The average molecular weight is 275 g/mol. The minimum atomic E-state index is -0.196. The molecule has 0 bridgehead atoms. The number of aryl methyl sites for hydroxylation is 1. The molecule has 3 nitrogen and oxygen atoms in total. The zero-order valence-electron chi connectivity index (χ0n) is 12.3. The van der Waals surface area contributed by atoms with E-state index in [2.05, 4.69) is 35.6 Å². The molecule has 2 rings (SSSR count). The molecular formula is C16H22FN3. The fourth-order valence-corrected chi connectivity index (χ4v) is 2.40. The third-order valence-electron chi connectivity index (χ3n) is 3.52. The van der Waals surface area contributed by atoms with Crippen molar-refractivity contribution < 1.29 is 4.39 Å². The molecular weight excluding hydrogens is 253 g/mol. The van der Waals surface area contributed by atoms with Crippen LogP contribution in [0.25, 0.3) is 0 Å². The monoisotopic (exact) mass is 275 g/mol. The second kappa shape index (κ2) is 6.66. The Hall–Kier alpha value is -1.68. The molecule has 1 aromatic heterocycles. The molecule has 0 spiro atoms. The highest BCUT2D eigenvalue weighted by Crippen LogP contribution is 2.22. The van der Waals surface area contributed by atoms with Crippen LogP contribution in [0.5, 0.6) is 0 Å². The summed E-state index contributed by atoms with van der Waals surface area (Å²) in [6.45, 7) is 8.05. The molecule has 0 saturated heterocycles.